The molecule has 0 aliphatic rings. The monoisotopic (exact) mass is 517 g/mol. The summed E-state index contributed by atoms with van der Waals surface area (Å²) in [4.78, 5) is 34.9. The van der Waals surface area contributed by atoms with E-state index in [1.165, 1.54) is 32.2 Å². The number of aliphatic hydroxyl groups is 1. The molecule has 13 heteroatoms. The van der Waals surface area contributed by atoms with Gasteiger partial charge in [0.25, 0.3) is 11.6 Å². The third-order valence-corrected chi connectivity index (χ3v) is 6.50. The quantitative estimate of drug-likeness (QED) is 0.206. The second-order valence-electron chi connectivity index (χ2n) is 7.65. The predicted octanol–water partition coefficient (Wildman–Crippen LogP) is 1.97. The van der Waals surface area contributed by atoms with Crippen molar-refractivity contribution < 1.29 is 37.5 Å². The van der Waals surface area contributed by atoms with Crippen LogP contribution in [0.15, 0.2) is 65.6 Å². The van der Waals surface area contributed by atoms with Crippen LogP contribution in [0.4, 0.5) is 11.4 Å². The fourth-order valence-corrected chi connectivity index (χ4v) is 4.52. The number of benzene rings is 3. The highest BCUT2D eigenvalue weighted by molar-refractivity contribution is 7.89. The highest BCUT2D eigenvalue weighted by atomic mass is 32.2. The fourth-order valence-electron chi connectivity index (χ4n) is 3.22. The van der Waals surface area contributed by atoms with E-state index in [1.807, 2.05) is 12.1 Å². The van der Waals surface area contributed by atoms with Crippen LogP contribution < -0.4 is 14.8 Å². The van der Waals surface area contributed by atoms with Gasteiger partial charge < -0.3 is 19.9 Å². The molecule has 0 radical (unpaired) electrons. The van der Waals surface area contributed by atoms with Crippen LogP contribution in [0.25, 0.3) is 10.8 Å². The van der Waals surface area contributed by atoms with Crippen LogP contribution in [0.2, 0.25) is 0 Å². The summed E-state index contributed by atoms with van der Waals surface area (Å²) in [5.41, 5.74) is -0.164. The Labute approximate surface area is 206 Å². The summed E-state index contributed by atoms with van der Waals surface area (Å²) in [6.45, 7) is 0.372. The van der Waals surface area contributed by atoms with Gasteiger partial charge in [-0.1, -0.05) is 30.3 Å². The first-order valence-electron chi connectivity index (χ1n) is 10.5. The standard InChI is InChI=1S/C23H23N3O9S/c1-14(27)22(25-36(32,33)18-9-7-15-5-3-4-6-16(15)11-18)23(29)35-13-21(28)24-19-10-8-17(26(30)31)12-20(19)34-2/h3-12,14,22,25,27H,13H2,1-2H3,(H,24,28)/t14-,22+/m1/s1. The van der Waals surface area contributed by atoms with Crippen LogP contribution in [-0.2, 0) is 24.3 Å². The lowest BCUT2D eigenvalue weighted by molar-refractivity contribution is -0.384. The van der Waals surface area contributed by atoms with Crippen molar-refractivity contribution in [1.82, 2.24) is 4.72 Å². The number of ether oxygens (including phenoxy) is 2. The molecule has 0 bridgehead atoms. The zero-order chi connectivity index (χ0) is 26.5. The van der Waals surface area contributed by atoms with Crippen LogP contribution in [-0.4, -0.2) is 56.2 Å². The molecule has 0 aromatic heterocycles. The van der Waals surface area contributed by atoms with Crippen LogP contribution in [0.3, 0.4) is 0 Å². The van der Waals surface area contributed by atoms with Crippen LogP contribution in [0.1, 0.15) is 6.92 Å². The Morgan fingerprint density at radius 2 is 1.78 bits per heavy atom. The summed E-state index contributed by atoms with van der Waals surface area (Å²) in [7, 11) is -2.98. The van der Waals surface area contributed by atoms with E-state index in [0.29, 0.717) is 5.39 Å². The molecule has 0 fully saturated rings. The minimum Gasteiger partial charge on any atom is -0.494 e. The number of methoxy groups -OCH3 is 1. The number of esters is 1. The average Bonchev–Trinajstić information content (AvgIpc) is 2.85. The number of nitrogens with one attached hydrogen (secondary N) is 2. The Kier molecular flexibility index (Phi) is 8.19. The highest BCUT2D eigenvalue weighted by Crippen LogP contribution is 2.29. The van der Waals surface area contributed by atoms with Gasteiger partial charge in [-0.05, 0) is 35.9 Å². The third-order valence-electron chi connectivity index (χ3n) is 5.07. The van der Waals surface area contributed by atoms with Gasteiger partial charge in [-0.25, -0.2) is 8.42 Å². The number of rotatable bonds is 10. The molecule has 12 nitrogen and oxygen atoms in total. The van der Waals surface area contributed by atoms with E-state index in [-0.39, 0.29) is 22.0 Å². The number of hydrogen-bond donors (Lipinski definition) is 3. The zero-order valence-electron chi connectivity index (χ0n) is 19.2. The maximum Gasteiger partial charge on any atom is 0.327 e. The van der Waals surface area contributed by atoms with E-state index in [4.69, 9.17) is 9.47 Å². The molecule has 0 spiro atoms. The van der Waals surface area contributed by atoms with Crippen molar-refractivity contribution in [3.8, 4) is 5.75 Å². The second kappa shape index (κ2) is 11.1. The van der Waals surface area contributed by atoms with Gasteiger partial charge in [0.2, 0.25) is 10.0 Å². The lowest BCUT2D eigenvalue weighted by Crippen LogP contribution is -2.48. The summed E-state index contributed by atoms with van der Waals surface area (Å²) in [6, 6.07) is 13.3. The second-order valence-corrected chi connectivity index (χ2v) is 9.36. The molecule has 3 rings (SSSR count). The molecule has 2 atom stereocenters. The summed E-state index contributed by atoms with van der Waals surface area (Å²) < 4.78 is 37.7. The summed E-state index contributed by atoms with van der Waals surface area (Å²) >= 11 is 0. The Morgan fingerprint density at radius 1 is 1.08 bits per heavy atom. The van der Waals surface area contributed by atoms with Crippen molar-refractivity contribution in [3.05, 3.63) is 70.8 Å². The molecular formula is C23H23N3O9S. The first kappa shape index (κ1) is 26.5. The van der Waals surface area contributed by atoms with Gasteiger partial charge in [0.15, 0.2) is 6.61 Å². The molecule has 0 aliphatic heterocycles. The van der Waals surface area contributed by atoms with E-state index in [0.717, 1.165) is 17.5 Å². The molecule has 190 valence electrons. The minimum absolute atomic E-state index is 0.00822. The molecule has 36 heavy (non-hydrogen) atoms. The Hall–Kier alpha value is -4.07. The van der Waals surface area contributed by atoms with Gasteiger partial charge in [0, 0.05) is 6.07 Å². The Morgan fingerprint density at radius 3 is 2.42 bits per heavy atom. The molecule has 1 amide bonds. The number of hydrogen-bond acceptors (Lipinski definition) is 9. The Balaban J connectivity index is 1.67. The van der Waals surface area contributed by atoms with Crippen molar-refractivity contribution in [1.29, 1.82) is 0 Å². The number of nitro benzene ring substituents is 1. The number of nitrogens with zero attached hydrogens (tertiary/aromatic N) is 1. The van der Waals surface area contributed by atoms with E-state index in [1.54, 1.807) is 18.2 Å². The van der Waals surface area contributed by atoms with Crippen LogP contribution in [0.5, 0.6) is 5.75 Å². The van der Waals surface area contributed by atoms with Gasteiger partial charge in [0.1, 0.15) is 11.8 Å². The van der Waals surface area contributed by atoms with Gasteiger partial charge in [-0.3, -0.25) is 19.7 Å². The van der Waals surface area contributed by atoms with Crippen molar-refractivity contribution in [3.63, 3.8) is 0 Å². The molecule has 3 aromatic carbocycles. The summed E-state index contributed by atoms with van der Waals surface area (Å²) in [6.07, 6.45) is -1.48. The average molecular weight is 518 g/mol. The third kappa shape index (κ3) is 6.33. The maximum atomic E-state index is 12.8. The number of sulfonamides is 1. The SMILES string of the molecule is COc1cc([N+](=O)[O-])ccc1NC(=O)COC(=O)[C@@H](NS(=O)(=O)c1ccc2ccccc2c1)[C@@H](C)O. The lowest BCUT2D eigenvalue weighted by atomic mass is 10.1. The number of aliphatic hydroxyl groups excluding tert-OH is 1. The van der Waals surface area contributed by atoms with Gasteiger partial charge in [0.05, 0.1) is 34.8 Å². The fraction of sp³-hybridized carbons (Fsp3) is 0.217. The molecule has 0 heterocycles. The smallest absolute Gasteiger partial charge is 0.327 e. The van der Waals surface area contributed by atoms with Crippen LogP contribution >= 0.6 is 0 Å². The highest BCUT2D eigenvalue weighted by Gasteiger charge is 2.31. The number of carbonyl (C=O) groups excluding carboxylic acids is 2. The molecule has 3 N–H and O–H groups in total. The van der Waals surface area contributed by atoms with Crippen molar-refractivity contribution >= 4 is 44.0 Å². The largest absolute Gasteiger partial charge is 0.494 e. The number of anilines is 1. The molecule has 0 saturated heterocycles. The lowest BCUT2D eigenvalue weighted by Gasteiger charge is -2.20. The molecule has 0 aliphatic carbocycles. The molecule has 0 unspecified atom stereocenters. The number of non-ortho nitro benzene ring substituents is 1. The topological polar surface area (TPSA) is 174 Å². The first-order chi connectivity index (χ1) is 17.0. The van der Waals surface area contributed by atoms with Gasteiger partial charge in [-0.2, -0.15) is 4.72 Å². The number of carbonyl (C=O) groups is 2. The normalized spacial score (nSPS) is 13.0. The predicted molar refractivity (Wildman–Crippen MR) is 129 cm³/mol. The molecular weight excluding hydrogens is 494 g/mol. The van der Waals surface area contributed by atoms with E-state index in [9.17, 15) is 33.2 Å². The van der Waals surface area contributed by atoms with Crippen LogP contribution in [0, 0.1) is 10.1 Å². The summed E-state index contributed by atoms with van der Waals surface area (Å²) in [5.74, 6) is -1.99. The Bertz CT molecular complexity index is 1410. The van der Waals surface area contributed by atoms with Crippen molar-refractivity contribution in [2.45, 2.75) is 24.0 Å². The minimum atomic E-state index is -4.23. The van der Waals surface area contributed by atoms with Crippen molar-refractivity contribution in [2.75, 3.05) is 19.0 Å². The van der Waals surface area contributed by atoms with E-state index in [2.05, 4.69) is 10.0 Å². The van der Waals surface area contributed by atoms with Gasteiger partial charge >= 0.3 is 5.97 Å². The number of amides is 1. The maximum absolute atomic E-state index is 12.8. The van der Waals surface area contributed by atoms with E-state index >= 15 is 0 Å². The van der Waals surface area contributed by atoms with Crippen molar-refractivity contribution in [2.24, 2.45) is 0 Å². The van der Waals surface area contributed by atoms with Gasteiger partial charge in [-0.15, -0.1) is 0 Å². The number of nitro groups is 1. The molecule has 0 saturated carbocycles. The van der Waals surface area contributed by atoms with E-state index < -0.39 is 45.6 Å². The summed E-state index contributed by atoms with van der Waals surface area (Å²) in [5, 5.41) is 24.7. The first-order valence-corrected chi connectivity index (χ1v) is 12.0. The molecule has 3 aromatic rings. The zero-order valence-corrected chi connectivity index (χ0v) is 20.0. The number of fused-ring (bicyclic) bond motifs is 1.